The molecule has 0 radical (unpaired) electrons. The fourth-order valence-corrected chi connectivity index (χ4v) is 8.07. The standard InChI is InChI=1S/C50H38/c1-50(2,3)47-26-13-12-24-45(47)49-43-22-10-8-20-41(43)48(42-21-9-11-23-44(42)49)37-30-28-34-17-14-25-40(46(34)32-37)39-19-7-6-18-38(39)36-29-27-33-15-4-5-16-35(33)31-36/h4-32H,1-3H3. The number of fused-ring (bicyclic) bond motifs is 4. The summed E-state index contributed by atoms with van der Waals surface area (Å²) in [5.74, 6) is 0. The third kappa shape index (κ3) is 4.99. The molecule has 0 saturated heterocycles. The van der Waals surface area contributed by atoms with Crippen molar-refractivity contribution in [3.05, 3.63) is 181 Å². The summed E-state index contributed by atoms with van der Waals surface area (Å²) in [7, 11) is 0. The van der Waals surface area contributed by atoms with Crippen LogP contribution in [-0.2, 0) is 5.41 Å². The van der Waals surface area contributed by atoms with E-state index < -0.39 is 0 Å². The van der Waals surface area contributed by atoms with Gasteiger partial charge in [-0.05, 0) is 111 Å². The molecule has 0 bridgehead atoms. The van der Waals surface area contributed by atoms with Crippen molar-refractivity contribution >= 4 is 43.1 Å². The molecule has 50 heavy (non-hydrogen) atoms. The predicted octanol–water partition coefficient (Wildman–Crippen LogP) is 14.3. The average Bonchev–Trinajstić information content (AvgIpc) is 3.16. The third-order valence-electron chi connectivity index (χ3n) is 10.4. The number of hydrogen-bond acceptors (Lipinski definition) is 0. The number of benzene rings is 9. The van der Waals surface area contributed by atoms with E-state index in [0.717, 1.165) is 0 Å². The van der Waals surface area contributed by atoms with Gasteiger partial charge in [0.05, 0.1) is 0 Å². The molecule has 9 aromatic rings. The molecule has 0 spiro atoms. The van der Waals surface area contributed by atoms with Crippen LogP contribution >= 0.6 is 0 Å². The number of rotatable bonds is 4. The molecule has 0 heteroatoms. The first-order valence-electron chi connectivity index (χ1n) is 17.6. The molecule has 9 aromatic carbocycles. The maximum absolute atomic E-state index is 2.43. The lowest BCUT2D eigenvalue weighted by Crippen LogP contribution is -2.12. The Morgan fingerprint density at radius 1 is 0.300 bits per heavy atom. The Morgan fingerprint density at radius 3 is 1.50 bits per heavy atom. The Kier molecular flexibility index (Phi) is 7.14. The third-order valence-corrected chi connectivity index (χ3v) is 10.4. The maximum atomic E-state index is 2.43. The molecule has 0 saturated carbocycles. The molecule has 0 heterocycles. The Balaban J connectivity index is 1.30. The smallest absolute Gasteiger partial charge is 0.00234 e. The van der Waals surface area contributed by atoms with Gasteiger partial charge < -0.3 is 0 Å². The van der Waals surface area contributed by atoms with Crippen molar-refractivity contribution in [3.63, 3.8) is 0 Å². The molecular weight excluding hydrogens is 601 g/mol. The molecule has 0 amide bonds. The van der Waals surface area contributed by atoms with E-state index >= 15 is 0 Å². The van der Waals surface area contributed by atoms with Gasteiger partial charge in [0.1, 0.15) is 0 Å². The van der Waals surface area contributed by atoms with Crippen LogP contribution in [0.2, 0.25) is 0 Å². The molecule has 0 aromatic heterocycles. The first-order valence-corrected chi connectivity index (χ1v) is 17.6. The molecule has 0 unspecified atom stereocenters. The lowest BCUT2D eigenvalue weighted by molar-refractivity contribution is 0.592. The van der Waals surface area contributed by atoms with Crippen LogP contribution < -0.4 is 0 Å². The predicted molar refractivity (Wildman–Crippen MR) is 217 cm³/mol. The first-order chi connectivity index (χ1) is 24.5. The van der Waals surface area contributed by atoms with E-state index in [1.54, 1.807) is 0 Å². The lowest BCUT2D eigenvalue weighted by atomic mass is 9.78. The minimum atomic E-state index is 0.00928. The van der Waals surface area contributed by atoms with Gasteiger partial charge in [-0.1, -0.05) is 185 Å². The average molecular weight is 639 g/mol. The van der Waals surface area contributed by atoms with Crippen LogP contribution in [0.1, 0.15) is 26.3 Å². The monoisotopic (exact) mass is 638 g/mol. The van der Waals surface area contributed by atoms with Crippen LogP contribution in [0.3, 0.4) is 0 Å². The zero-order valence-electron chi connectivity index (χ0n) is 28.7. The van der Waals surface area contributed by atoms with Gasteiger partial charge in [0.25, 0.3) is 0 Å². The Morgan fingerprint density at radius 2 is 0.800 bits per heavy atom. The van der Waals surface area contributed by atoms with Crippen molar-refractivity contribution in [2.24, 2.45) is 0 Å². The van der Waals surface area contributed by atoms with E-state index in [1.165, 1.54) is 93.2 Å². The summed E-state index contributed by atoms with van der Waals surface area (Å²) in [4.78, 5) is 0. The van der Waals surface area contributed by atoms with E-state index in [-0.39, 0.29) is 5.41 Å². The van der Waals surface area contributed by atoms with Gasteiger partial charge in [-0.3, -0.25) is 0 Å². The van der Waals surface area contributed by atoms with E-state index in [9.17, 15) is 0 Å². The first kappa shape index (κ1) is 30.1. The summed E-state index contributed by atoms with van der Waals surface area (Å²) in [6.45, 7) is 6.94. The van der Waals surface area contributed by atoms with Crippen molar-refractivity contribution in [2.75, 3.05) is 0 Å². The SMILES string of the molecule is CC(C)(C)c1ccccc1-c1c2ccccc2c(-c2ccc3cccc(-c4ccccc4-c4ccc5ccccc5c4)c3c2)c2ccccc12. The van der Waals surface area contributed by atoms with Gasteiger partial charge in [0.15, 0.2) is 0 Å². The summed E-state index contributed by atoms with van der Waals surface area (Å²) in [5.41, 5.74) is 11.5. The van der Waals surface area contributed by atoms with Gasteiger partial charge in [0.2, 0.25) is 0 Å². The van der Waals surface area contributed by atoms with Gasteiger partial charge in [-0.2, -0.15) is 0 Å². The van der Waals surface area contributed by atoms with E-state index in [1.807, 2.05) is 0 Å². The highest BCUT2D eigenvalue weighted by Gasteiger charge is 2.23. The molecule has 238 valence electrons. The molecule has 0 fully saturated rings. The van der Waals surface area contributed by atoms with Crippen LogP contribution in [0, 0.1) is 0 Å². The molecule has 0 atom stereocenters. The second-order valence-corrected chi connectivity index (χ2v) is 14.5. The maximum Gasteiger partial charge on any atom is -0.00234 e. The van der Waals surface area contributed by atoms with Gasteiger partial charge >= 0.3 is 0 Å². The van der Waals surface area contributed by atoms with Gasteiger partial charge in [-0.15, -0.1) is 0 Å². The minimum absolute atomic E-state index is 0.00928. The molecule has 0 N–H and O–H groups in total. The Labute approximate surface area is 294 Å². The second kappa shape index (κ2) is 11.9. The zero-order chi connectivity index (χ0) is 33.8. The van der Waals surface area contributed by atoms with E-state index in [2.05, 4.69) is 197 Å². The van der Waals surface area contributed by atoms with E-state index in [0.29, 0.717) is 0 Å². The van der Waals surface area contributed by atoms with Crippen LogP contribution in [0.25, 0.3) is 87.6 Å². The van der Waals surface area contributed by atoms with Gasteiger partial charge in [-0.25, -0.2) is 0 Å². The summed E-state index contributed by atoms with van der Waals surface area (Å²) < 4.78 is 0. The van der Waals surface area contributed by atoms with Crippen molar-refractivity contribution in [3.8, 4) is 44.5 Å². The summed E-state index contributed by atoms with van der Waals surface area (Å²) >= 11 is 0. The number of hydrogen-bond donors (Lipinski definition) is 0. The zero-order valence-corrected chi connectivity index (χ0v) is 28.7. The highest BCUT2D eigenvalue weighted by molar-refractivity contribution is 6.22. The van der Waals surface area contributed by atoms with Crippen LogP contribution in [0.5, 0.6) is 0 Å². The van der Waals surface area contributed by atoms with Crippen molar-refractivity contribution in [1.29, 1.82) is 0 Å². The summed E-state index contributed by atoms with van der Waals surface area (Å²) in [6.07, 6.45) is 0. The summed E-state index contributed by atoms with van der Waals surface area (Å²) in [5, 5.41) is 10.1. The molecule has 0 nitrogen and oxygen atoms in total. The minimum Gasteiger partial charge on any atom is -0.0619 e. The molecule has 0 aliphatic carbocycles. The highest BCUT2D eigenvalue weighted by Crippen LogP contribution is 2.47. The normalized spacial score (nSPS) is 11.9. The molecular formula is C50H38. The van der Waals surface area contributed by atoms with Gasteiger partial charge in [0, 0.05) is 0 Å². The Bertz CT molecular complexity index is 2680. The highest BCUT2D eigenvalue weighted by atomic mass is 14.3. The largest absolute Gasteiger partial charge is 0.0619 e. The topological polar surface area (TPSA) is 0 Å². The van der Waals surface area contributed by atoms with Crippen molar-refractivity contribution in [2.45, 2.75) is 26.2 Å². The fourth-order valence-electron chi connectivity index (χ4n) is 8.07. The lowest BCUT2D eigenvalue weighted by Gasteiger charge is -2.25. The molecule has 9 rings (SSSR count). The van der Waals surface area contributed by atoms with Crippen LogP contribution in [-0.4, -0.2) is 0 Å². The molecule has 0 aliphatic heterocycles. The van der Waals surface area contributed by atoms with Crippen molar-refractivity contribution in [1.82, 2.24) is 0 Å². The van der Waals surface area contributed by atoms with E-state index in [4.69, 9.17) is 0 Å². The fraction of sp³-hybridized carbons (Fsp3) is 0.0800. The van der Waals surface area contributed by atoms with Crippen LogP contribution in [0.15, 0.2) is 176 Å². The second-order valence-electron chi connectivity index (χ2n) is 14.5. The van der Waals surface area contributed by atoms with Crippen LogP contribution in [0.4, 0.5) is 0 Å². The van der Waals surface area contributed by atoms with Crippen molar-refractivity contribution < 1.29 is 0 Å². The quantitative estimate of drug-likeness (QED) is 0.168. The summed E-state index contributed by atoms with van der Waals surface area (Å²) in [6, 6.07) is 65.0. The molecule has 0 aliphatic rings. The Hall–Kier alpha value is -5.98.